The van der Waals surface area contributed by atoms with E-state index in [1.807, 2.05) is 0 Å². The summed E-state index contributed by atoms with van der Waals surface area (Å²) in [5, 5.41) is 10.9. The number of anilines is 2. The van der Waals surface area contributed by atoms with E-state index in [1.54, 1.807) is 18.2 Å². The number of carbonyl (C=O) groups excluding carboxylic acids is 2. The lowest BCUT2D eigenvalue weighted by Crippen LogP contribution is -2.38. The monoisotopic (exact) mass is 433 g/mol. The van der Waals surface area contributed by atoms with Gasteiger partial charge >= 0.3 is 5.97 Å². The molecule has 27 heavy (non-hydrogen) atoms. The van der Waals surface area contributed by atoms with Gasteiger partial charge in [0.05, 0.1) is 10.5 Å². The first kappa shape index (κ1) is 18.8. The fourth-order valence-electron chi connectivity index (χ4n) is 2.94. The van der Waals surface area contributed by atoms with E-state index in [1.165, 1.54) is 23.1 Å². The normalized spacial score (nSPS) is 13.0. The number of rotatable bonds is 4. The van der Waals surface area contributed by atoms with Crippen molar-refractivity contribution in [3.8, 4) is 0 Å². The standard InChI is InChI=1S/C18H16BrN3O5/c19-12-3-5-15(20)14(9-12)18(24)27-10-17(23)21-7-1-2-11-8-13(22(25)26)4-6-16(11)21/h3-6,8-9H,1-2,7,10,20H2. The molecule has 1 amide bonds. The van der Waals surface area contributed by atoms with Crippen molar-refractivity contribution in [1.82, 2.24) is 0 Å². The van der Waals surface area contributed by atoms with Gasteiger partial charge in [0.15, 0.2) is 6.61 Å². The minimum atomic E-state index is -0.692. The number of nitrogens with zero attached hydrogens (tertiary/aromatic N) is 2. The van der Waals surface area contributed by atoms with Crippen molar-refractivity contribution < 1.29 is 19.2 Å². The lowest BCUT2D eigenvalue weighted by Gasteiger charge is -2.29. The zero-order chi connectivity index (χ0) is 19.6. The van der Waals surface area contributed by atoms with Crippen molar-refractivity contribution in [1.29, 1.82) is 0 Å². The number of nitro groups is 1. The van der Waals surface area contributed by atoms with E-state index in [0.29, 0.717) is 29.5 Å². The van der Waals surface area contributed by atoms with Crippen LogP contribution in [0.1, 0.15) is 22.3 Å². The summed E-state index contributed by atoms with van der Waals surface area (Å²) >= 11 is 3.25. The number of nitro benzene ring substituents is 1. The summed E-state index contributed by atoms with van der Waals surface area (Å²) in [4.78, 5) is 36.7. The minimum absolute atomic E-state index is 0.0143. The second kappa shape index (κ2) is 7.75. The maximum Gasteiger partial charge on any atom is 0.340 e. The van der Waals surface area contributed by atoms with Gasteiger partial charge in [-0.25, -0.2) is 4.79 Å². The van der Waals surface area contributed by atoms with Crippen LogP contribution in [0.5, 0.6) is 0 Å². The molecule has 140 valence electrons. The molecule has 9 heteroatoms. The van der Waals surface area contributed by atoms with Crippen LogP contribution >= 0.6 is 15.9 Å². The van der Waals surface area contributed by atoms with Crippen LogP contribution in [0.25, 0.3) is 0 Å². The Labute approximate surface area is 163 Å². The Balaban J connectivity index is 1.71. The van der Waals surface area contributed by atoms with Crippen LogP contribution in [0.15, 0.2) is 40.9 Å². The zero-order valence-corrected chi connectivity index (χ0v) is 15.8. The van der Waals surface area contributed by atoms with Crippen molar-refractivity contribution in [3.05, 3.63) is 62.1 Å². The fraction of sp³-hybridized carbons (Fsp3) is 0.222. The molecule has 8 nitrogen and oxygen atoms in total. The fourth-order valence-corrected chi connectivity index (χ4v) is 3.31. The van der Waals surface area contributed by atoms with E-state index < -0.39 is 23.4 Å². The number of hydrogen-bond donors (Lipinski definition) is 1. The summed E-state index contributed by atoms with van der Waals surface area (Å²) in [6, 6.07) is 9.18. The molecular weight excluding hydrogens is 418 g/mol. The molecule has 1 aliphatic rings. The van der Waals surface area contributed by atoms with Gasteiger partial charge in [0.25, 0.3) is 11.6 Å². The van der Waals surface area contributed by atoms with E-state index in [-0.39, 0.29) is 16.9 Å². The van der Waals surface area contributed by atoms with E-state index in [0.717, 1.165) is 5.56 Å². The predicted octanol–water partition coefficient (Wildman–Crippen LogP) is 3.08. The maximum absolute atomic E-state index is 12.5. The molecule has 0 fully saturated rings. The van der Waals surface area contributed by atoms with Crippen molar-refractivity contribution >= 4 is 44.9 Å². The summed E-state index contributed by atoms with van der Waals surface area (Å²) in [5.41, 5.74) is 7.52. The van der Waals surface area contributed by atoms with E-state index in [4.69, 9.17) is 10.5 Å². The van der Waals surface area contributed by atoms with Crippen LogP contribution < -0.4 is 10.6 Å². The van der Waals surface area contributed by atoms with Crippen LogP contribution in [0.4, 0.5) is 17.1 Å². The first-order valence-electron chi connectivity index (χ1n) is 8.16. The molecule has 0 atom stereocenters. The lowest BCUT2D eigenvalue weighted by molar-refractivity contribution is -0.384. The molecule has 2 aromatic rings. The van der Waals surface area contributed by atoms with Gasteiger partial charge in [-0.15, -0.1) is 0 Å². The summed E-state index contributed by atoms with van der Waals surface area (Å²) in [7, 11) is 0. The third-order valence-corrected chi connectivity index (χ3v) is 4.75. The summed E-state index contributed by atoms with van der Waals surface area (Å²) in [6.07, 6.45) is 1.32. The summed E-state index contributed by atoms with van der Waals surface area (Å²) in [6.45, 7) is 0.0153. The molecule has 2 N–H and O–H groups in total. The third-order valence-electron chi connectivity index (χ3n) is 4.26. The Kier molecular flexibility index (Phi) is 5.41. The number of amides is 1. The quantitative estimate of drug-likeness (QED) is 0.342. The highest BCUT2D eigenvalue weighted by atomic mass is 79.9. The van der Waals surface area contributed by atoms with Gasteiger partial charge in [0.2, 0.25) is 0 Å². The maximum atomic E-state index is 12.5. The van der Waals surface area contributed by atoms with Crippen molar-refractivity contribution in [2.45, 2.75) is 12.8 Å². The predicted molar refractivity (Wildman–Crippen MR) is 103 cm³/mol. The minimum Gasteiger partial charge on any atom is -0.452 e. The lowest BCUT2D eigenvalue weighted by atomic mass is 10.0. The first-order chi connectivity index (χ1) is 12.9. The zero-order valence-electron chi connectivity index (χ0n) is 14.2. The molecule has 0 aromatic heterocycles. The summed E-state index contributed by atoms with van der Waals surface area (Å²) < 4.78 is 5.78. The van der Waals surface area contributed by atoms with Crippen LogP contribution in [0.2, 0.25) is 0 Å². The van der Waals surface area contributed by atoms with Crippen molar-refractivity contribution in [3.63, 3.8) is 0 Å². The topological polar surface area (TPSA) is 116 Å². The number of ether oxygens (including phenoxy) is 1. The van der Waals surface area contributed by atoms with Gasteiger partial charge in [0, 0.05) is 34.5 Å². The number of halogens is 1. The number of nitrogens with two attached hydrogens (primary N) is 1. The second-order valence-corrected chi connectivity index (χ2v) is 6.94. The van der Waals surface area contributed by atoms with E-state index >= 15 is 0 Å². The highest BCUT2D eigenvalue weighted by Crippen LogP contribution is 2.30. The van der Waals surface area contributed by atoms with Gasteiger partial charge in [0.1, 0.15) is 0 Å². The van der Waals surface area contributed by atoms with E-state index in [9.17, 15) is 19.7 Å². The van der Waals surface area contributed by atoms with Crippen LogP contribution in [0.3, 0.4) is 0 Å². The molecule has 2 aromatic carbocycles. The van der Waals surface area contributed by atoms with E-state index in [2.05, 4.69) is 15.9 Å². The number of fused-ring (bicyclic) bond motifs is 1. The molecule has 1 aliphatic heterocycles. The number of esters is 1. The average molecular weight is 434 g/mol. The average Bonchev–Trinajstić information content (AvgIpc) is 2.66. The molecule has 0 bridgehead atoms. The third kappa shape index (κ3) is 4.08. The number of aryl methyl sites for hydroxylation is 1. The molecule has 0 unspecified atom stereocenters. The Morgan fingerprint density at radius 2 is 2.04 bits per heavy atom. The SMILES string of the molecule is Nc1ccc(Br)cc1C(=O)OCC(=O)N1CCCc2cc([N+](=O)[O-])ccc21. The highest BCUT2D eigenvalue weighted by Gasteiger charge is 2.25. The molecule has 0 saturated carbocycles. The smallest absolute Gasteiger partial charge is 0.340 e. The van der Waals surface area contributed by atoms with Gasteiger partial charge < -0.3 is 15.4 Å². The Morgan fingerprint density at radius 3 is 2.78 bits per heavy atom. The second-order valence-electron chi connectivity index (χ2n) is 6.03. The largest absolute Gasteiger partial charge is 0.452 e. The summed E-state index contributed by atoms with van der Waals surface area (Å²) in [5.74, 6) is -1.09. The van der Waals surface area contributed by atoms with Gasteiger partial charge in [-0.1, -0.05) is 15.9 Å². The molecule has 0 radical (unpaired) electrons. The Bertz CT molecular complexity index is 931. The Hall–Kier alpha value is -2.94. The van der Waals surface area contributed by atoms with Crippen molar-refractivity contribution in [2.24, 2.45) is 0 Å². The first-order valence-corrected chi connectivity index (χ1v) is 8.96. The number of nitrogen functional groups attached to an aromatic ring is 1. The highest BCUT2D eigenvalue weighted by molar-refractivity contribution is 9.10. The van der Waals surface area contributed by atoms with Gasteiger partial charge in [-0.05, 0) is 42.7 Å². The van der Waals surface area contributed by atoms with Gasteiger partial charge in [-0.3, -0.25) is 14.9 Å². The van der Waals surface area contributed by atoms with Crippen LogP contribution in [0, 0.1) is 10.1 Å². The molecule has 0 saturated heterocycles. The molecule has 1 heterocycles. The Morgan fingerprint density at radius 1 is 1.26 bits per heavy atom. The van der Waals surface area contributed by atoms with Gasteiger partial charge in [-0.2, -0.15) is 0 Å². The number of hydrogen-bond acceptors (Lipinski definition) is 6. The van der Waals surface area contributed by atoms with Crippen LogP contribution in [-0.2, 0) is 16.0 Å². The number of carbonyl (C=O) groups is 2. The van der Waals surface area contributed by atoms with Crippen molar-refractivity contribution in [2.75, 3.05) is 23.8 Å². The number of benzene rings is 2. The molecule has 0 aliphatic carbocycles. The number of non-ortho nitro benzene ring substituents is 1. The molecule has 3 rings (SSSR count). The molecule has 0 spiro atoms. The molecular formula is C18H16BrN3O5. The van der Waals surface area contributed by atoms with Crippen LogP contribution in [-0.4, -0.2) is 30.0 Å².